The molecule has 0 aromatic carbocycles. The largest absolute Gasteiger partial charge is 0.391 e. The molecular weight excluding hydrogens is 213 g/mol. The minimum atomic E-state index is -0.707. The lowest BCUT2D eigenvalue weighted by Gasteiger charge is -2.30. The second kappa shape index (κ2) is 4.58. The van der Waals surface area contributed by atoms with E-state index in [4.69, 9.17) is 5.84 Å². The van der Waals surface area contributed by atoms with Gasteiger partial charge in [0.25, 0.3) is 0 Å². The van der Waals surface area contributed by atoms with Crippen molar-refractivity contribution in [3.63, 3.8) is 0 Å². The van der Waals surface area contributed by atoms with Crippen molar-refractivity contribution in [2.75, 3.05) is 10.7 Å². The van der Waals surface area contributed by atoms with Gasteiger partial charge in [0.1, 0.15) is 0 Å². The standard InChI is InChI=1S/C9H16FN5O/c1-5(16)9(2,3)14-7-6(10)4-12-8(13-7)15-11/h4-5,16H,11H2,1-3H3,(H2,12,13,14,15). The molecule has 0 aliphatic rings. The third-order valence-electron chi connectivity index (χ3n) is 2.36. The number of nitrogen functional groups attached to an aromatic ring is 1. The fourth-order valence-corrected chi connectivity index (χ4v) is 0.934. The Morgan fingerprint density at radius 3 is 2.69 bits per heavy atom. The van der Waals surface area contributed by atoms with Crippen molar-refractivity contribution in [2.45, 2.75) is 32.4 Å². The SMILES string of the molecule is CC(O)C(C)(C)Nc1nc(NN)ncc1F. The van der Waals surface area contributed by atoms with Crippen LogP contribution in [0.4, 0.5) is 16.2 Å². The van der Waals surface area contributed by atoms with Crippen LogP contribution in [0.1, 0.15) is 20.8 Å². The van der Waals surface area contributed by atoms with E-state index in [1.807, 2.05) is 0 Å². The van der Waals surface area contributed by atoms with E-state index in [0.717, 1.165) is 6.20 Å². The van der Waals surface area contributed by atoms with Gasteiger partial charge in [0.05, 0.1) is 17.8 Å². The van der Waals surface area contributed by atoms with Crippen LogP contribution in [0.15, 0.2) is 6.20 Å². The number of nitrogens with one attached hydrogen (secondary N) is 2. The molecule has 0 fully saturated rings. The Kier molecular flexibility index (Phi) is 3.61. The van der Waals surface area contributed by atoms with Crippen molar-refractivity contribution in [3.05, 3.63) is 12.0 Å². The quantitative estimate of drug-likeness (QED) is 0.443. The van der Waals surface area contributed by atoms with Crippen molar-refractivity contribution < 1.29 is 9.50 Å². The predicted octanol–water partition coefficient (Wildman–Crippen LogP) is 0.473. The molecule has 5 N–H and O–H groups in total. The number of aliphatic hydroxyl groups is 1. The van der Waals surface area contributed by atoms with Crippen molar-refractivity contribution in [1.29, 1.82) is 0 Å². The second-order valence-corrected chi connectivity index (χ2v) is 4.06. The Hall–Kier alpha value is -1.47. The summed E-state index contributed by atoms with van der Waals surface area (Å²) in [6.07, 6.45) is 0.332. The lowest BCUT2D eigenvalue weighted by molar-refractivity contribution is 0.132. The molecule has 16 heavy (non-hydrogen) atoms. The molecule has 0 spiro atoms. The number of hydrazine groups is 1. The minimum Gasteiger partial charge on any atom is -0.391 e. The van der Waals surface area contributed by atoms with Crippen LogP contribution in [-0.4, -0.2) is 26.7 Å². The summed E-state index contributed by atoms with van der Waals surface area (Å²) < 4.78 is 13.4. The van der Waals surface area contributed by atoms with E-state index in [1.54, 1.807) is 20.8 Å². The summed E-state index contributed by atoms with van der Waals surface area (Å²) in [4.78, 5) is 7.42. The van der Waals surface area contributed by atoms with Crippen LogP contribution in [0.25, 0.3) is 0 Å². The van der Waals surface area contributed by atoms with Gasteiger partial charge in [-0.2, -0.15) is 4.98 Å². The van der Waals surface area contributed by atoms with Gasteiger partial charge in [-0.25, -0.2) is 15.2 Å². The fraction of sp³-hybridized carbons (Fsp3) is 0.556. The fourth-order valence-electron chi connectivity index (χ4n) is 0.934. The first kappa shape index (κ1) is 12.6. The highest BCUT2D eigenvalue weighted by Gasteiger charge is 2.25. The number of aromatic nitrogens is 2. The number of anilines is 2. The maximum atomic E-state index is 13.4. The van der Waals surface area contributed by atoms with Crippen LogP contribution in [0.2, 0.25) is 0 Å². The van der Waals surface area contributed by atoms with Crippen molar-refractivity contribution in [1.82, 2.24) is 9.97 Å². The third-order valence-corrected chi connectivity index (χ3v) is 2.36. The summed E-state index contributed by atoms with van der Waals surface area (Å²) in [6, 6.07) is 0. The van der Waals surface area contributed by atoms with E-state index < -0.39 is 17.5 Å². The molecule has 0 saturated heterocycles. The van der Waals surface area contributed by atoms with E-state index in [9.17, 15) is 9.50 Å². The molecule has 0 bridgehead atoms. The Bertz CT molecular complexity index is 369. The van der Waals surface area contributed by atoms with E-state index in [-0.39, 0.29) is 11.8 Å². The maximum absolute atomic E-state index is 13.4. The van der Waals surface area contributed by atoms with Gasteiger partial charge in [0, 0.05) is 0 Å². The summed E-state index contributed by atoms with van der Waals surface area (Å²) in [6.45, 7) is 5.07. The molecule has 0 aliphatic heterocycles. The number of aliphatic hydroxyl groups excluding tert-OH is 1. The highest BCUT2D eigenvalue weighted by molar-refractivity contribution is 5.42. The zero-order valence-electron chi connectivity index (χ0n) is 9.45. The molecule has 1 aromatic heterocycles. The average Bonchev–Trinajstić information content (AvgIpc) is 2.21. The van der Waals surface area contributed by atoms with Crippen LogP contribution in [0.3, 0.4) is 0 Å². The smallest absolute Gasteiger partial charge is 0.239 e. The second-order valence-electron chi connectivity index (χ2n) is 4.06. The van der Waals surface area contributed by atoms with Gasteiger partial charge in [-0.15, -0.1) is 0 Å². The molecule has 1 atom stereocenters. The third kappa shape index (κ3) is 2.77. The average molecular weight is 229 g/mol. The van der Waals surface area contributed by atoms with Crippen molar-refractivity contribution in [3.8, 4) is 0 Å². The Morgan fingerprint density at radius 1 is 1.56 bits per heavy atom. The van der Waals surface area contributed by atoms with Crippen LogP contribution < -0.4 is 16.6 Å². The highest BCUT2D eigenvalue weighted by atomic mass is 19.1. The normalized spacial score (nSPS) is 13.4. The molecule has 0 saturated carbocycles. The van der Waals surface area contributed by atoms with Gasteiger partial charge in [0.15, 0.2) is 11.6 Å². The van der Waals surface area contributed by atoms with E-state index >= 15 is 0 Å². The van der Waals surface area contributed by atoms with Crippen LogP contribution in [0, 0.1) is 5.82 Å². The van der Waals surface area contributed by atoms with Gasteiger partial charge in [-0.1, -0.05) is 0 Å². The highest BCUT2D eigenvalue weighted by Crippen LogP contribution is 2.19. The van der Waals surface area contributed by atoms with E-state index in [2.05, 4.69) is 20.7 Å². The number of nitrogens with two attached hydrogens (primary N) is 1. The van der Waals surface area contributed by atoms with Gasteiger partial charge in [-0.05, 0) is 20.8 Å². The van der Waals surface area contributed by atoms with Gasteiger partial charge in [0.2, 0.25) is 5.95 Å². The predicted molar refractivity (Wildman–Crippen MR) is 59.2 cm³/mol. The van der Waals surface area contributed by atoms with Crippen LogP contribution >= 0.6 is 0 Å². The number of rotatable bonds is 4. The Balaban J connectivity index is 2.96. The lowest BCUT2D eigenvalue weighted by atomic mass is 9.99. The molecule has 90 valence electrons. The van der Waals surface area contributed by atoms with Gasteiger partial charge < -0.3 is 10.4 Å². The molecule has 0 aliphatic carbocycles. The molecule has 1 unspecified atom stereocenters. The Labute approximate surface area is 93.1 Å². The molecule has 0 radical (unpaired) electrons. The Morgan fingerprint density at radius 2 is 2.19 bits per heavy atom. The number of hydrogen-bond acceptors (Lipinski definition) is 6. The molecular formula is C9H16FN5O. The molecule has 1 aromatic rings. The topological polar surface area (TPSA) is 96.1 Å². The maximum Gasteiger partial charge on any atom is 0.239 e. The molecule has 1 rings (SSSR count). The number of halogens is 1. The first-order valence-corrected chi connectivity index (χ1v) is 4.82. The summed E-state index contributed by atoms with van der Waals surface area (Å²) in [5.41, 5.74) is 1.51. The lowest BCUT2D eigenvalue weighted by Crippen LogP contribution is -2.42. The molecule has 1 heterocycles. The van der Waals surface area contributed by atoms with Gasteiger partial charge in [-0.3, -0.25) is 5.43 Å². The van der Waals surface area contributed by atoms with Crippen molar-refractivity contribution in [2.24, 2.45) is 5.84 Å². The summed E-state index contributed by atoms with van der Waals surface area (Å²) in [7, 11) is 0. The van der Waals surface area contributed by atoms with Crippen molar-refractivity contribution >= 4 is 11.8 Å². The molecule has 0 amide bonds. The van der Waals surface area contributed by atoms with E-state index in [0.29, 0.717) is 0 Å². The zero-order valence-corrected chi connectivity index (χ0v) is 9.45. The minimum absolute atomic E-state index is 0.00569. The van der Waals surface area contributed by atoms with Crippen LogP contribution in [0.5, 0.6) is 0 Å². The monoisotopic (exact) mass is 229 g/mol. The first-order valence-electron chi connectivity index (χ1n) is 4.82. The number of nitrogens with zero attached hydrogens (tertiary/aromatic N) is 2. The first-order chi connectivity index (χ1) is 7.36. The summed E-state index contributed by atoms with van der Waals surface area (Å²) >= 11 is 0. The zero-order chi connectivity index (χ0) is 12.3. The summed E-state index contributed by atoms with van der Waals surface area (Å²) in [5, 5.41) is 12.3. The molecule has 6 nitrogen and oxygen atoms in total. The summed E-state index contributed by atoms with van der Waals surface area (Å²) in [5.74, 6) is 4.61. The van der Waals surface area contributed by atoms with E-state index in [1.165, 1.54) is 0 Å². The van der Waals surface area contributed by atoms with Crippen LogP contribution in [-0.2, 0) is 0 Å². The number of hydrogen-bond donors (Lipinski definition) is 4. The molecule has 7 heteroatoms. The van der Waals surface area contributed by atoms with Gasteiger partial charge >= 0.3 is 0 Å².